The van der Waals surface area contributed by atoms with Gasteiger partial charge >= 0.3 is 6.18 Å². The van der Waals surface area contributed by atoms with Crippen LogP contribution in [0.3, 0.4) is 0 Å². The molecule has 0 bridgehead atoms. The van der Waals surface area contributed by atoms with E-state index in [1.165, 1.54) is 12.1 Å². The van der Waals surface area contributed by atoms with E-state index >= 15 is 0 Å². The molecule has 0 unspecified atom stereocenters. The smallest absolute Gasteiger partial charge is 0.383 e. The summed E-state index contributed by atoms with van der Waals surface area (Å²) in [4.78, 5) is 0. The van der Waals surface area contributed by atoms with Gasteiger partial charge in [-0.15, -0.1) is 0 Å². The Balaban J connectivity index is 2.21. The van der Waals surface area contributed by atoms with E-state index in [0.29, 0.717) is 6.54 Å². The lowest BCUT2D eigenvalue weighted by Gasteiger charge is -2.40. The Bertz CT molecular complexity index is 525. The highest BCUT2D eigenvalue weighted by atomic mass is 32.2. The summed E-state index contributed by atoms with van der Waals surface area (Å²) in [5.74, 6) is 0. The van der Waals surface area contributed by atoms with Crippen LogP contribution in [0, 0.1) is 11.3 Å². The average Bonchev–Trinajstić information content (AvgIpc) is 2.37. The Morgan fingerprint density at radius 3 is 2.55 bits per heavy atom. The van der Waals surface area contributed by atoms with E-state index in [1.807, 2.05) is 6.26 Å². The molecule has 2 rings (SSSR count). The molecule has 1 fully saturated rings. The van der Waals surface area contributed by atoms with Crippen LogP contribution < -0.4 is 5.32 Å². The van der Waals surface area contributed by atoms with Crippen LogP contribution in [0.2, 0.25) is 0 Å². The molecule has 0 heterocycles. The van der Waals surface area contributed by atoms with E-state index in [0.717, 1.165) is 25.3 Å². The number of halogens is 3. The third kappa shape index (κ3) is 3.04. The van der Waals surface area contributed by atoms with Crippen molar-refractivity contribution in [2.75, 3.05) is 18.1 Å². The summed E-state index contributed by atoms with van der Waals surface area (Å²) >= 11 is 1.70. The molecule has 0 aliphatic heterocycles. The summed E-state index contributed by atoms with van der Waals surface area (Å²) < 4.78 is 39.1. The van der Waals surface area contributed by atoms with E-state index in [4.69, 9.17) is 5.26 Å². The molecule has 6 heteroatoms. The lowest BCUT2D eigenvalue weighted by atomic mass is 9.84. The number of benzene rings is 1. The fraction of sp³-hybridized carbons (Fsp3) is 0.500. The normalized spacial score (nSPS) is 17.1. The predicted octanol–water partition coefficient (Wildman–Crippen LogP) is 4.27. The maximum atomic E-state index is 13.0. The zero-order valence-corrected chi connectivity index (χ0v) is 11.9. The molecule has 0 spiro atoms. The quantitative estimate of drug-likeness (QED) is 0.901. The molecule has 0 aromatic heterocycles. The van der Waals surface area contributed by atoms with E-state index < -0.39 is 11.7 Å². The molecule has 1 saturated carbocycles. The third-order valence-electron chi connectivity index (χ3n) is 3.75. The van der Waals surface area contributed by atoms with Gasteiger partial charge in [0.15, 0.2) is 0 Å². The van der Waals surface area contributed by atoms with Crippen LogP contribution in [-0.2, 0) is 6.18 Å². The number of hydrogen-bond donors (Lipinski definition) is 1. The Kier molecular flexibility index (Phi) is 4.19. The molecule has 1 aliphatic rings. The molecule has 0 atom stereocenters. The summed E-state index contributed by atoms with van der Waals surface area (Å²) in [6.45, 7) is 0.517. The van der Waals surface area contributed by atoms with E-state index in [-0.39, 0.29) is 16.0 Å². The second-order valence-electron chi connectivity index (χ2n) is 4.96. The van der Waals surface area contributed by atoms with Crippen molar-refractivity contribution in [3.05, 3.63) is 29.3 Å². The first-order valence-electron chi connectivity index (χ1n) is 6.31. The number of alkyl halides is 3. The topological polar surface area (TPSA) is 35.8 Å². The standard InChI is InChI=1S/C14H15F3N2S/c1-20-13(5-2-6-13)9-19-12-4-3-10(8-18)7-11(12)14(15,16)17/h3-4,7,19H,2,5-6,9H2,1H3. The van der Waals surface area contributed by atoms with Crippen LogP contribution in [0.1, 0.15) is 30.4 Å². The van der Waals surface area contributed by atoms with Crippen molar-refractivity contribution < 1.29 is 13.2 Å². The highest BCUT2D eigenvalue weighted by Crippen LogP contribution is 2.43. The van der Waals surface area contributed by atoms with Crippen LogP contribution >= 0.6 is 11.8 Å². The largest absolute Gasteiger partial charge is 0.418 e. The van der Waals surface area contributed by atoms with Crippen LogP contribution in [-0.4, -0.2) is 17.5 Å². The van der Waals surface area contributed by atoms with Gasteiger partial charge in [-0.1, -0.05) is 6.42 Å². The summed E-state index contributed by atoms with van der Waals surface area (Å²) in [5.41, 5.74) is -0.699. The van der Waals surface area contributed by atoms with Crippen molar-refractivity contribution in [2.24, 2.45) is 0 Å². The Hall–Kier alpha value is -1.35. The highest BCUT2D eigenvalue weighted by molar-refractivity contribution is 8.00. The van der Waals surface area contributed by atoms with Crippen molar-refractivity contribution in [1.82, 2.24) is 0 Å². The second-order valence-corrected chi connectivity index (χ2v) is 6.24. The third-order valence-corrected chi connectivity index (χ3v) is 5.17. The van der Waals surface area contributed by atoms with Gasteiger partial charge in [0.2, 0.25) is 0 Å². The van der Waals surface area contributed by atoms with Crippen molar-refractivity contribution in [3.8, 4) is 6.07 Å². The summed E-state index contributed by atoms with van der Waals surface area (Å²) in [7, 11) is 0. The van der Waals surface area contributed by atoms with E-state index in [1.54, 1.807) is 17.8 Å². The van der Waals surface area contributed by atoms with Gasteiger partial charge in [0.25, 0.3) is 0 Å². The Morgan fingerprint density at radius 2 is 2.10 bits per heavy atom. The van der Waals surface area contributed by atoms with Crippen LogP contribution in [0.25, 0.3) is 0 Å². The number of nitrogens with zero attached hydrogens (tertiary/aromatic N) is 1. The van der Waals surface area contributed by atoms with Gasteiger partial charge in [0.05, 0.1) is 17.2 Å². The fourth-order valence-corrected chi connectivity index (χ4v) is 3.20. The van der Waals surface area contributed by atoms with Crippen molar-refractivity contribution >= 4 is 17.4 Å². The van der Waals surface area contributed by atoms with Crippen LogP contribution in [0.15, 0.2) is 18.2 Å². The molecule has 1 aromatic carbocycles. The number of anilines is 1. The van der Waals surface area contributed by atoms with Gasteiger partial charge in [0.1, 0.15) is 0 Å². The van der Waals surface area contributed by atoms with Crippen LogP contribution in [0.4, 0.5) is 18.9 Å². The molecule has 108 valence electrons. The molecule has 0 saturated heterocycles. The minimum absolute atomic E-state index is 0.0195. The maximum Gasteiger partial charge on any atom is 0.418 e. The van der Waals surface area contributed by atoms with Crippen molar-refractivity contribution in [3.63, 3.8) is 0 Å². The Morgan fingerprint density at radius 1 is 1.40 bits per heavy atom. The van der Waals surface area contributed by atoms with Gasteiger partial charge < -0.3 is 5.32 Å². The van der Waals surface area contributed by atoms with Gasteiger partial charge in [-0.2, -0.15) is 30.2 Å². The molecular formula is C14H15F3N2S. The molecular weight excluding hydrogens is 285 g/mol. The lowest BCUT2D eigenvalue weighted by molar-refractivity contribution is -0.137. The highest BCUT2D eigenvalue weighted by Gasteiger charge is 2.38. The maximum absolute atomic E-state index is 13.0. The van der Waals surface area contributed by atoms with Crippen molar-refractivity contribution in [2.45, 2.75) is 30.2 Å². The number of rotatable bonds is 4. The summed E-state index contributed by atoms with van der Waals surface area (Å²) in [6, 6.07) is 5.39. The molecule has 2 nitrogen and oxygen atoms in total. The molecule has 0 radical (unpaired) electrons. The SMILES string of the molecule is CSC1(CNc2ccc(C#N)cc2C(F)(F)F)CCC1. The Labute approximate surface area is 120 Å². The zero-order chi connectivity index (χ0) is 14.8. The zero-order valence-electron chi connectivity index (χ0n) is 11.0. The number of nitrogens with one attached hydrogen (secondary N) is 1. The van der Waals surface area contributed by atoms with Gasteiger partial charge in [-0.25, -0.2) is 0 Å². The van der Waals surface area contributed by atoms with E-state index in [9.17, 15) is 13.2 Å². The molecule has 20 heavy (non-hydrogen) atoms. The van der Waals surface area contributed by atoms with Crippen LogP contribution in [0.5, 0.6) is 0 Å². The average molecular weight is 300 g/mol. The lowest BCUT2D eigenvalue weighted by Crippen LogP contribution is -2.40. The molecule has 1 aliphatic carbocycles. The first-order valence-corrected chi connectivity index (χ1v) is 7.53. The number of nitriles is 1. The summed E-state index contributed by atoms with van der Waals surface area (Å²) in [6.07, 6.45) is 0.714. The predicted molar refractivity (Wildman–Crippen MR) is 74.7 cm³/mol. The first kappa shape index (κ1) is 15.0. The minimum Gasteiger partial charge on any atom is -0.383 e. The molecule has 1 N–H and O–H groups in total. The molecule has 1 aromatic rings. The summed E-state index contributed by atoms with van der Waals surface area (Å²) in [5, 5.41) is 11.6. The fourth-order valence-electron chi connectivity index (χ4n) is 2.28. The number of thioether (sulfide) groups is 1. The second kappa shape index (κ2) is 5.57. The van der Waals surface area contributed by atoms with Gasteiger partial charge in [-0.05, 0) is 37.3 Å². The van der Waals surface area contributed by atoms with Gasteiger partial charge in [0, 0.05) is 17.0 Å². The molecule has 0 amide bonds. The first-order chi connectivity index (χ1) is 9.40. The van der Waals surface area contributed by atoms with E-state index in [2.05, 4.69) is 5.32 Å². The van der Waals surface area contributed by atoms with Gasteiger partial charge in [-0.3, -0.25) is 0 Å². The number of hydrogen-bond acceptors (Lipinski definition) is 3. The van der Waals surface area contributed by atoms with Crippen molar-refractivity contribution in [1.29, 1.82) is 5.26 Å². The monoisotopic (exact) mass is 300 g/mol. The minimum atomic E-state index is -4.46.